The van der Waals surface area contributed by atoms with Gasteiger partial charge in [0.1, 0.15) is 0 Å². The third-order valence-corrected chi connectivity index (χ3v) is 6.74. The molecule has 2 aromatic carbocycles. The number of aromatic nitrogens is 5. The number of para-hydroxylation sites is 1. The molecule has 0 unspecified atom stereocenters. The normalized spacial score (nSPS) is 11.8. The van der Waals surface area contributed by atoms with Crippen molar-refractivity contribution in [3.63, 3.8) is 0 Å². The zero-order chi connectivity index (χ0) is 26.5. The number of sulfone groups is 1. The van der Waals surface area contributed by atoms with Crippen molar-refractivity contribution in [3.8, 4) is 16.9 Å². The summed E-state index contributed by atoms with van der Waals surface area (Å²) >= 11 is 0. The Balaban J connectivity index is 1.45. The summed E-state index contributed by atoms with van der Waals surface area (Å²) in [4.78, 5) is 13.5. The third kappa shape index (κ3) is 5.90. The molecular weight excluding hydrogens is 500 g/mol. The van der Waals surface area contributed by atoms with E-state index in [1.54, 1.807) is 53.6 Å². The van der Waals surface area contributed by atoms with Gasteiger partial charge in [-0.15, -0.1) is 0 Å². The van der Waals surface area contributed by atoms with Crippen LogP contribution in [0.25, 0.3) is 16.9 Å². The van der Waals surface area contributed by atoms with Gasteiger partial charge in [-0.1, -0.05) is 30.3 Å². The molecule has 10 nitrogen and oxygen atoms in total. The van der Waals surface area contributed by atoms with Crippen LogP contribution in [0.5, 0.6) is 0 Å². The molecule has 2 N–H and O–H groups in total. The maximum atomic E-state index is 11.7. The molecule has 0 radical (unpaired) electrons. The Labute approximate surface area is 220 Å². The van der Waals surface area contributed by atoms with E-state index in [9.17, 15) is 8.42 Å². The first-order valence-electron chi connectivity index (χ1n) is 11.6. The summed E-state index contributed by atoms with van der Waals surface area (Å²) in [5, 5.41) is 12.2. The summed E-state index contributed by atoms with van der Waals surface area (Å²) in [7, 11) is -3.27. The Kier molecular flexibility index (Phi) is 6.92. The third-order valence-electron chi connectivity index (χ3n) is 5.61. The number of benzene rings is 2. The lowest BCUT2D eigenvalue weighted by molar-refractivity contribution is 0.602. The predicted molar refractivity (Wildman–Crippen MR) is 147 cm³/mol. The van der Waals surface area contributed by atoms with Gasteiger partial charge in [-0.3, -0.25) is 10.4 Å². The van der Waals surface area contributed by atoms with Crippen LogP contribution in [0, 0.1) is 0 Å². The van der Waals surface area contributed by atoms with Crippen LogP contribution in [-0.4, -0.2) is 45.1 Å². The standard InChI is InChI=1S/C27H24N8O2S/c1-19(20-8-10-24(11-9-20)38(2,36)37)33-34-25-16-26(32-27(31-25)30-23-6-4-3-5-7-23)35-18-22(17-29-35)21-12-14-28-15-13-21/h3-18H,1-2H3,(H2,30,31,32,34). The van der Waals surface area contributed by atoms with Gasteiger partial charge < -0.3 is 5.32 Å². The molecule has 3 heterocycles. The Morgan fingerprint density at radius 2 is 1.66 bits per heavy atom. The summed E-state index contributed by atoms with van der Waals surface area (Å²) in [5.74, 6) is 1.34. The average Bonchev–Trinajstić information content (AvgIpc) is 3.43. The van der Waals surface area contributed by atoms with E-state index in [1.807, 2.05) is 55.6 Å². The van der Waals surface area contributed by atoms with Crippen molar-refractivity contribution in [1.82, 2.24) is 24.7 Å². The monoisotopic (exact) mass is 524 g/mol. The smallest absolute Gasteiger partial charge is 0.231 e. The zero-order valence-corrected chi connectivity index (χ0v) is 21.5. The van der Waals surface area contributed by atoms with Gasteiger partial charge in [-0.25, -0.2) is 13.1 Å². The molecule has 0 atom stereocenters. The number of nitrogens with one attached hydrogen (secondary N) is 2. The molecule has 0 amide bonds. The van der Waals surface area contributed by atoms with Gasteiger partial charge in [-0.05, 0) is 54.4 Å². The highest BCUT2D eigenvalue weighted by Crippen LogP contribution is 2.22. The second-order valence-corrected chi connectivity index (χ2v) is 10.5. The molecule has 0 aliphatic rings. The summed E-state index contributed by atoms with van der Waals surface area (Å²) in [6, 6.07) is 21.7. The van der Waals surface area contributed by atoms with E-state index < -0.39 is 9.84 Å². The highest BCUT2D eigenvalue weighted by molar-refractivity contribution is 7.90. The molecular formula is C27H24N8O2S. The van der Waals surface area contributed by atoms with Crippen LogP contribution in [0.3, 0.4) is 0 Å². The Hall–Kier alpha value is -4.90. The number of hydrogen-bond donors (Lipinski definition) is 2. The molecule has 0 fully saturated rings. The van der Waals surface area contributed by atoms with E-state index in [1.165, 1.54) is 6.26 Å². The van der Waals surface area contributed by atoms with Gasteiger partial charge in [0.2, 0.25) is 5.95 Å². The lowest BCUT2D eigenvalue weighted by Gasteiger charge is -2.10. The van der Waals surface area contributed by atoms with Crippen LogP contribution in [-0.2, 0) is 9.84 Å². The minimum Gasteiger partial charge on any atom is -0.324 e. The van der Waals surface area contributed by atoms with Gasteiger partial charge in [-0.2, -0.15) is 20.2 Å². The number of pyridine rings is 1. The Morgan fingerprint density at radius 1 is 0.921 bits per heavy atom. The van der Waals surface area contributed by atoms with Crippen molar-refractivity contribution in [2.45, 2.75) is 11.8 Å². The minimum atomic E-state index is -3.27. The van der Waals surface area contributed by atoms with Crippen molar-refractivity contribution in [2.75, 3.05) is 17.0 Å². The molecule has 190 valence electrons. The first-order valence-corrected chi connectivity index (χ1v) is 13.5. The first kappa shape index (κ1) is 24.8. The topological polar surface area (TPSA) is 127 Å². The fourth-order valence-corrected chi connectivity index (χ4v) is 4.24. The van der Waals surface area contributed by atoms with E-state index in [4.69, 9.17) is 0 Å². The van der Waals surface area contributed by atoms with Gasteiger partial charge in [0.25, 0.3) is 0 Å². The molecule has 0 spiro atoms. The van der Waals surface area contributed by atoms with Gasteiger partial charge in [0.15, 0.2) is 21.5 Å². The molecule has 11 heteroatoms. The fraction of sp³-hybridized carbons (Fsp3) is 0.0741. The number of rotatable bonds is 8. The average molecular weight is 525 g/mol. The Bertz CT molecular complexity index is 1680. The molecule has 3 aromatic heterocycles. The maximum Gasteiger partial charge on any atom is 0.231 e. The molecule has 0 aliphatic carbocycles. The van der Waals surface area contributed by atoms with E-state index in [2.05, 4.69) is 35.9 Å². The van der Waals surface area contributed by atoms with E-state index in [-0.39, 0.29) is 4.90 Å². The molecule has 38 heavy (non-hydrogen) atoms. The van der Waals surface area contributed by atoms with Gasteiger partial charge >= 0.3 is 0 Å². The molecule has 5 rings (SSSR count). The predicted octanol–water partition coefficient (Wildman–Crippen LogP) is 4.71. The zero-order valence-electron chi connectivity index (χ0n) is 20.6. The van der Waals surface area contributed by atoms with Crippen molar-refractivity contribution < 1.29 is 8.42 Å². The van der Waals surface area contributed by atoms with Crippen molar-refractivity contribution in [2.24, 2.45) is 5.10 Å². The van der Waals surface area contributed by atoms with Crippen LogP contribution in [0.15, 0.2) is 108 Å². The van der Waals surface area contributed by atoms with Gasteiger partial charge in [0, 0.05) is 42.2 Å². The van der Waals surface area contributed by atoms with E-state index >= 15 is 0 Å². The van der Waals surface area contributed by atoms with Crippen LogP contribution in [0.2, 0.25) is 0 Å². The Morgan fingerprint density at radius 3 is 2.37 bits per heavy atom. The number of anilines is 3. The van der Waals surface area contributed by atoms with Crippen LogP contribution < -0.4 is 10.7 Å². The SMILES string of the molecule is CC(=NNc1cc(-n2cc(-c3ccncc3)cn2)nc(Nc2ccccc2)n1)c1ccc(S(C)(=O)=O)cc1. The van der Waals surface area contributed by atoms with Crippen LogP contribution in [0.1, 0.15) is 12.5 Å². The van der Waals surface area contributed by atoms with Crippen molar-refractivity contribution in [1.29, 1.82) is 0 Å². The summed E-state index contributed by atoms with van der Waals surface area (Å²) < 4.78 is 25.2. The molecule has 5 aromatic rings. The number of hydrogen-bond acceptors (Lipinski definition) is 9. The second-order valence-electron chi connectivity index (χ2n) is 8.44. The largest absolute Gasteiger partial charge is 0.324 e. The molecule has 0 saturated carbocycles. The van der Waals surface area contributed by atoms with E-state index in [0.29, 0.717) is 23.3 Å². The van der Waals surface area contributed by atoms with Crippen LogP contribution in [0.4, 0.5) is 17.5 Å². The summed E-state index contributed by atoms with van der Waals surface area (Å²) in [6.45, 7) is 1.82. The first-order chi connectivity index (χ1) is 18.3. The lowest BCUT2D eigenvalue weighted by Crippen LogP contribution is -2.07. The number of nitrogens with zero attached hydrogens (tertiary/aromatic N) is 6. The van der Waals surface area contributed by atoms with Crippen molar-refractivity contribution in [3.05, 3.63) is 103 Å². The van der Waals surface area contributed by atoms with Crippen molar-refractivity contribution >= 4 is 33.0 Å². The summed E-state index contributed by atoms with van der Waals surface area (Å²) in [5.41, 5.74) is 7.16. The highest BCUT2D eigenvalue weighted by atomic mass is 32.2. The fourth-order valence-electron chi connectivity index (χ4n) is 3.61. The molecule has 0 bridgehead atoms. The van der Waals surface area contributed by atoms with Gasteiger partial charge in [0.05, 0.1) is 16.8 Å². The summed E-state index contributed by atoms with van der Waals surface area (Å²) in [6.07, 6.45) is 8.29. The van der Waals surface area contributed by atoms with Crippen LogP contribution >= 0.6 is 0 Å². The maximum absolute atomic E-state index is 11.7. The molecule has 0 saturated heterocycles. The highest BCUT2D eigenvalue weighted by Gasteiger charge is 2.11. The quantitative estimate of drug-likeness (QED) is 0.221. The molecule has 0 aliphatic heterocycles. The second kappa shape index (κ2) is 10.6. The minimum absolute atomic E-state index is 0.254. The van der Waals surface area contributed by atoms with E-state index in [0.717, 1.165) is 22.4 Å². The number of hydrazone groups is 1. The lowest BCUT2D eigenvalue weighted by atomic mass is 10.1.